The molecule has 3 rings (SSSR count). The van der Waals surface area contributed by atoms with E-state index in [-0.39, 0.29) is 6.61 Å². The number of hydrogen-bond acceptors (Lipinski definition) is 5. The van der Waals surface area contributed by atoms with Gasteiger partial charge in [0, 0.05) is 0 Å². The third kappa shape index (κ3) is 0.974. The summed E-state index contributed by atoms with van der Waals surface area (Å²) in [5.74, 6) is -1.38. The second-order valence-corrected chi connectivity index (χ2v) is 4.05. The Labute approximate surface area is 82.4 Å². The molecular weight excluding hydrogens is 187 g/mol. The molecule has 2 unspecified atom stereocenters. The Morgan fingerprint density at radius 1 is 1.36 bits per heavy atom. The normalized spacial score (nSPS) is 52.1. The van der Waals surface area contributed by atoms with Crippen LogP contribution in [0.1, 0.15) is 13.8 Å². The van der Waals surface area contributed by atoms with E-state index in [1.807, 2.05) is 0 Å². The SMILES string of the molecule is C=CC12OB(OCC(C)(O)C1(C)O)O2. The van der Waals surface area contributed by atoms with E-state index in [1.54, 1.807) is 0 Å². The summed E-state index contributed by atoms with van der Waals surface area (Å²) in [6.45, 7) is 6.36. The maximum absolute atomic E-state index is 10.2. The van der Waals surface area contributed by atoms with Crippen molar-refractivity contribution < 1.29 is 24.2 Å². The van der Waals surface area contributed by atoms with Crippen molar-refractivity contribution in [3.63, 3.8) is 0 Å². The molecule has 2 bridgehead atoms. The summed E-state index contributed by atoms with van der Waals surface area (Å²) in [4.78, 5) is 0. The molecule has 3 heterocycles. The zero-order valence-corrected chi connectivity index (χ0v) is 8.19. The van der Waals surface area contributed by atoms with Gasteiger partial charge >= 0.3 is 7.32 Å². The molecule has 0 aromatic heterocycles. The van der Waals surface area contributed by atoms with Crippen LogP contribution in [0.15, 0.2) is 12.7 Å². The highest BCUT2D eigenvalue weighted by molar-refractivity contribution is 6.39. The highest BCUT2D eigenvalue weighted by atomic mass is 16.9. The van der Waals surface area contributed by atoms with Gasteiger partial charge in [-0.2, -0.15) is 0 Å². The van der Waals surface area contributed by atoms with Crippen molar-refractivity contribution in [2.24, 2.45) is 0 Å². The Kier molecular flexibility index (Phi) is 1.87. The van der Waals surface area contributed by atoms with Crippen LogP contribution in [-0.4, -0.2) is 41.1 Å². The maximum Gasteiger partial charge on any atom is 0.644 e. The van der Waals surface area contributed by atoms with Gasteiger partial charge in [-0.3, -0.25) is 0 Å². The molecule has 3 fully saturated rings. The highest BCUT2D eigenvalue weighted by Gasteiger charge is 2.69. The molecule has 0 radical (unpaired) electrons. The molecule has 0 saturated carbocycles. The van der Waals surface area contributed by atoms with E-state index in [0.717, 1.165) is 0 Å². The van der Waals surface area contributed by atoms with E-state index in [9.17, 15) is 10.2 Å². The zero-order chi connectivity index (χ0) is 10.6. The number of aliphatic hydroxyl groups is 2. The highest BCUT2D eigenvalue weighted by Crippen LogP contribution is 2.46. The molecule has 78 valence electrons. The summed E-state index contributed by atoms with van der Waals surface area (Å²) < 4.78 is 15.5. The first kappa shape index (κ1) is 10.1. The van der Waals surface area contributed by atoms with Gasteiger partial charge in [-0.1, -0.05) is 6.58 Å². The first-order valence-electron chi connectivity index (χ1n) is 4.40. The molecule has 3 saturated heterocycles. The largest absolute Gasteiger partial charge is 0.644 e. The Hall–Kier alpha value is -0.395. The van der Waals surface area contributed by atoms with Gasteiger partial charge in [0.1, 0.15) is 11.2 Å². The zero-order valence-electron chi connectivity index (χ0n) is 8.19. The van der Waals surface area contributed by atoms with Crippen LogP contribution in [0.5, 0.6) is 0 Å². The average Bonchev–Trinajstić information content (AvgIpc) is 2.11. The van der Waals surface area contributed by atoms with E-state index in [1.165, 1.54) is 19.9 Å². The average molecular weight is 200 g/mol. The van der Waals surface area contributed by atoms with Gasteiger partial charge in [0.2, 0.25) is 5.79 Å². The third-order valence-corrected chi connectivity index (χ3v) is 3.04. The first-order valence-corrected chi connectivity index (χ1v) is 4.40. The minimum atomic E-state index is -1.60. The fourth-order valence-electron chi connectivity index (χ4n) is 1.63. The summed E-state index contributed by atoms with van der Waals surface area (Å²) in [6, 6.07) is 0. The Balaban J connectivity index is 2.42. The maximum atomic E-state index is 10.2. The lowest BCUT2D eigenvalue weighted by Gasteiger charge is -2.51. The number of hydrogen-bond donors (Lipinski definition) is 2. The molecule has 6 heteroatoms. The lowest BCUT2D eigenvalue weighted by atomic mass is 9.78. The summed E-state index contributed by atoms with van der Waals surface area (Å²) in [5, 5.41) is 20.2. The molecule has 3 aliphatic rings. The fraction of sp³-hybridized carbons (Fsp3) is 0.750. The molecule has 0 aromatic carbocycles. The van der Waals surface area contributed by atoms with Crippen molar-refractivity contribution in [2.45, 2.75) is 30.8 Å². The third-order valence-electron chi connectivity index (χ3n) is 3.04. The van der Waals surface area contributed by atoms with Gasteiger partial charge < -0.3 is 24.2 Å². The predicted molar refractivity (Wildman–Crippen MR) is 48.1 cm³/mol. The molecule has 5 nitrogen and oxygen atoms in total. The molecule has 14 heavy (non-hydrogen) atoms. The van der Waals surface area contributed by atoms with Gasteiger partial charge in [0.25, 0.3) is 0 Å². The van der Waals surface area contributed by atoms with Crippen molar-refractivity contribution in [3.05, 3.63) is 12.7 Å². The number of fused-ring (bicyclic) bond motifs is 3. The lowest BCUT2D eigenvalue weighted by molar-refractivity contribution is -0.311. The van der Waals surface area contributed by atoms with Crippen LogP contribution in [0, 0.1) is 0 Å². The Morgan fingerprint density at radius 2 is 1.93 bits per heavy atom. The number of rotatable bonds is 1. The van der Waals surface area contributed by atoms with E-state index in [4.69, 9.17) is 14.0 Å². The van der Waals surface area contributed by atoms with E-state index in [2.05, 4.69) is 6.58 Å². The van der Waals surface area contributed by atoms with Gasteiger partial charge in [0.05, 0.1) is 6.61 Å². The predicted octanol–water partition coefficient (Wildman–Crippen LogP) is -0.567. The monoisotopic (exact) mass is 200 g/mol. The molecule has 3 aliphatic heterocycles. The van der Waals surface area contributed by atoms with Crippen molar-refractivity contribution in [3.8, 4) is 0 Å². The summed E-state index contributed by atoms with van der Waals surface area (Å²) in [6.07, 6.45) is 1.33. The smallest absolute Gasteiger partial charge is 0.385 e. The minimum Gasteiger partial charge on any atom is -0.385 e. The molecule has 2 N–H and O–H groups in total. The van der Waals surface area contributed by atoms with Crippen LogP contribution in [0.4, 0.5) is 0 Å². The van der Waals surface area contributed by atoms with Crippen LogP contribution in [0.2, 0.25) is 0 Å². The Bertz CT molecular complexity index is 269. The minimum absolute atomic E-state index is 0.0553. The van der Waals surface area contributed by atoms with E-state index >= 15 is 0 Å². The van der Waals surface area contributed by atoms with Crippen molar-refractivity contribution in [1.29, 1.82) is 0 Å². The second-order valence-electron chi connectivity index (χ2n) is 4.05. The molecule has 0 amide bonds. The summed E-state index contributed by atoms with van der Waals surface area (Å²) >= 11 is 0. The fourth-order valence-corrected chi connectivity index (χ4v) is 1.63. The molecular formula is C8H13BO5. The van der Waals surface area contributed by atoms with Gasteiger partial charge in [-0.25, -0.2) is 0 Å². The Morgan fingerprint density at radius 3 is 2.43 bits per heavy atom. The summed E-state index contributed by atoms with van der Waals surface area (Å²) in [7, 11) is -0.826. The second kappa shape index (κ2) is 2.59. The molecule has 0 aliphatic carbocycles. The quantitative estimate of drug-likeness (QED) is 0.438. The molecule has 2 atom stereocenters. The van der Waals surface area contributed by atoms with Crippen LogP contribution >= 0.6 is 0 Å². The topological polar surface area (TPSA) is 68.2 Å². The first-order chi connectivity index (χ1) is 6.35. The van der Waals surface area contributed by atoms with Gasteiger partial charge in [0.15, 0.2) is 0 Å². The summed E-state index contributed by atoms with van der Waals surface area (Å²) in [5.41, 5.74) is -3.05. The molecule has 0 aromatic rings. The van der Waals surface area contributed by atoms with Gasteiger partial charge in [-0.15, -0.1) is 0 Å². The molecule has 0 spiro atoms. The van der Waals surface area contributed by atoms with Crippen LogP contribution in [-0.2, 0) is 14.0 Å². The van der Waals surface area contributed by atoms with Crippen molar-refractivity contribution in [2.75, 3.05) is 6.61 Å². The van der Waals surface area contributed by atoms with Crippen molar-refractivity contribution in [1.82, 2.24) is 0 Å². The van der Waals surface area contributed by atoms with Crippen LogP contribution in [0.25, 0.3) is 0 Å². The van der Waals surface area contributed by atoms with Crippen LogP contribution in [0.3, 0.4) is 0 Å². The van der Waals surface area contributed by atoms with Crippen molar-refractivity contribution >= 4 is 7.32 Å². The van der Waals surface area contributed by atoms with Crippen LogP contribution < -0.4 is 0 Å². The standard InChI is InChI=1S/C8H13BO5/c1-4-8-7(3,11)6(2,10)5-12-9(13-8)14-8/h4,10-11H,1,5H2,2-3H3. The van der Waals surface area contributed by atoms with E-state index < -0.39 is 24.3 Å². The van der Waals surface area contributed by atoms with Gasteiger partial charge in [-0.05, 0) is 19.9 Å². The van der Waals surface area contributed by atoms with E-state index in [0.29, 0.717) is 0 Å². The lowest BCUT2D eigenvalue weighted by Crippen LogP contribution is -2.71.